The number of cyclic esters (lactones) is 1. The molecule has 0 atom stereocenters. The van der Waals surface area contributed by atoms with E-state index < -0.39 is 6.09 Å². The van der Waals surface area contributed by atoms with Crippen LogP contribution in [0, 0.1) is 12.7 Å². The summed E-state index contributed by atoms with van der Waals surface area (Å²) >= 11 is 0. The Morgan fingerprint density at radius 2 is 2.00 bits per heavy atom. The average Bonchev–Trinajstić information content (AvgIpc) is 2.94. The Balaban J connectivity index is 1.49. The molecule has 1 aromatic carbocycles. The number of halogens is 1. The van der Waals surface area contributed by atoms with Crippen molar-refractivity contribution in [1.29, 1.82) is 0 Å². The van der Waals surface area contributed by atoms with Crippen molar-refractivity contribution < 1.29 is 23.5 Å². The van der Waals surface area contributed by atoms with Crippen molar-refractivity contribution >= 4 is 17.9 Å². The zero-order valence-corrected chi connectivity index (χ0v) is 14.2. The summed E-state index contributed by atoms with van der Waals surface area (Å²) in [5.41, 5.74) is 1.51. The molecule has 0 radical (unpaired) electrons. The minimum atomic E-state index is -0.582. The molecule has 2 fully saturated rings. The molecule has 0 bridgehead atoms. The number of carbonyl (C=O) groups is 3. The fourth-order valence-electron chi connectivity index (χ4n) is 3.36. The smallest absolute Gasteiger partial charge is 0.417 e. The highest BCUT2D eigenvalue weighted by atomic mass is 19.1. The molecule has 0 aliphatic carbocycles. The summed E-state index contributed by atoms with van der Waals surface area (Å²) in [5.74, 6) is -0.510. The predicted molar refractivity (Wildman–Crippen MR) is 87.3 cm³/mol. The summed E-state index contributed by atoms with van der Waals surface area (Å²) < 4.78 is 18.0. The number of ether oxygens (including phenoxy) is 1. The van der Waals surface area contributed by atoms with Gasteiger partial charge in [-0.3, -0.25) is 9.59 Å². The molecule has 2 aliphatic rings. The Kier molecular flexibility index (Phi) is 5.01. The number of rotatable bonds is 4. The van der Waals surface area contributed by atoms with Gasteiger partial charge in [0.05, 0.1) is 0 Å². The molecule has 0 unspecified atom stereocenters. The molecular formula is C18H21FN2O4. The Hall–Kier alpha value is -2.44. The lowest BCUT2D eigenvalue weighted by molar-refractivity contribution is -0.133. The number of imide groups is 1. The third-order valence-electron chi connectivity index (χ3n) is 4.82. The lowest BCUT2D eigenvalue weighted by Gasteiger charge is -2.34. The molecule has 0 spiro atoms. The predicted octanol–water partition coefficient (Wildman–Crippen LogP) is 2.04. The average molecular weight is 348 g/mol. The molecule has 3 rings (SSSR count). The fraction of sp³-hybridized carbons (Fsp3) is 0.500. The van der Waals surface area contributed by atoms with Crippen molar-refractivity contribution in [2.45, 2.75) is 38.6 Å². The van der Waals surface area contributed by atoms with E-state index >= 15 is 0 Å². The second-order valence-corrected chi connectivity index (χ2v) is 6.51. The van der Waals surface area contributed by atoms with Crippen LogP contribution in [0.2, 0.25) is 0 Å². The summed E-state index contributed by atoms with van der Waals surface area (Å²) in [6, 6.07) is 4.70. The van der Waals surface area contributed by atoms with Crippen LogP contribution in [-0.4, -0.2) is 53.4 Å². The highest BCUT2D eigenvalue weighted by molar-refractivity contribution is 5.98. The van der Waals surface area contributed by atoms with E-state index in [9.17, 15) is 18.8 Å². The molecule has 2 aliphatic heterocycles. The van der Waals surface area contributed by atoms with Crippen molar-refractivity contribution in [1.82, 2.24) is 9.80 Å². The van der Waals surface area contributed by atoms with E-state index in [0.29, 0.717) is 44.3 Å². The van der Waals surface area contributed by atoms with Crippen molar-refractivity contribution in [3.8, 4) is 0 Å². The van der Waals surface area contributed by atoms with Gasteiger partial charge in [0.25, 0.3) is 5.91 Å². The standard InChI is InChI=1S/C18H21FN2O4/c1-12-10-13(2-4-15(12)19)3-5-16(22)20-8-6-14(7-9-20)21-17(23)11-25-18(21)24/h2,4,10,14H,3,5-9,11H2,1H3. The van der Waals surface area contributed by atoms with Gasteiger partial charge in [-0.1, -0.05) is 12.1 Å². The third-order valence-corrected chi connectivity index (χ3v) is 4.82. The SMILES string of the molecule is Cc1cc(CCC(=O)N2CCC(N3C(=O)COC3=O)CC2)ccc1F. The van der Waals surface area contributed by atoms with E-state index in [1.165, 1.54) is 11.0 Å². The maximum absolute atomic E-state index is 13.3. The van der Waals surface area contributed by atoms with Crippen LogP contribution in [0.3, 0.4) is 0 Å². The molecule has 2 saturated heterocycles. The van der Waals surface area contributed by atoms with Gasteiger partial charge in [-0.15, -0.1) is 0 Å². The molecule has 7 heteroatoms. The maximum Gasteiger partial charge on any atom is 0.417 e. The van der Waals surface area contributed by atoms with E-state index in [0.717, 1.165) is 5.56 Å². The van der Waals surface area contributed by atoms with Crippen LogP contribution < -0.4 is 0 Å². The van der Waals surface area contributed by atoms with Gasteiger partial charge in [0.2, 0.25) is 5.91 Å². The topological polar surface area (TPSA) is 66.9 Å². The number of hydrogen-bond donors (Lipinski definition) is 0. The van der Waals surface area contributed by atoms with Crippen LogP contribution in [-0.2, 0) is 20.7 Å². The van der Waals surface area contributed by atoms with Gasteiger partial charge < -0.3 is 9.64 Å². The van der Waals surface area contributed by atoms with Gasteiger partial charge in [-0.2, -0.15) is 0 Å². The van der Waals surface area contributed by atoms with Crippen molar-refractivity contribution in [3.05, 3.63) is 35.1 Å². The van der Waals surface area contributed by atoms with E-state index in [1.807, 2.05) is 0 Å². The van der Waals surface area contributed by atoms with E-state index in [1.54, 1.807) is 24.0 Å². The molecule has 134 valence electrons. The number of hydrogen-bond acceptors (Lipinski definition) is 4. The van der Waals surface area contributed by atoms with Crippen molar-refractivity contribution in [2.75, 3.05) is 19.7 Å². The van der Waals surface area contributed by atoms with Gasteiger partial charge in [0, 0.05) is 25.6 Å². The lowest BCUT2D eigenvalue weighted by Crippen LogP contribution is -2.48. The zero-order valence-electron chi connectivity index (χ0n) is 14.2. The summed E-state index contributed by atoms with van der Waals surface area (Å²) in [6.07, 6.45) is 1.49. The van der Waals surface area contributed by atoms with Gasteiger partial charge in [0.1, 0.15) is 5.82 Å². The second-order valence-electron chi connectivity index (χ2n) is 6.51. The number of nitrogens with zero attached hydrogens (tertiary/aromatic N) is 2. The van der Waals surface area contributed by atoms with Crippen LogP contribution in [0.25, 0.3) is 0 Å². The Morgan fingerprint density at radius 3 is 2.60 bits per heavy atom. The van der Waals surface area contributed by atoms with Gasteiger partial charge >= 0.3 is 6.09 Å². The molecule has 25 heavy (non-hydrogen) atoms. The van der Waals surface area contributed by atoms with Crippen LogP contribution >= 0.6 is 0 Å². The first-order chi connectivity index (χ1) is 12.0. The van der Waals surface area contributed by atoms with Gasteiger partial charge in [0.15, 0.2) is 6.61 Å². The van der Waals surface area contributed by atoms with E-state index in [2.05, 4.69) is 0 Å². The van der Waals surface area contributed by atoms with Crippen molar-refractivity contribution in [2.24, 2.45) is 0 Å². The molecule has 2 heterocycles. The second kappa shape index (κ2) is 7.21. The first-order valence-electron chi connectivity index (χ1n) is 8.47. The highest BCUT2D eigenvalue weighted by Crippen LogP contribution is 2.21. The quantitative estimate of drug-likeness (QED) is 0.835. The first kappa shape index (κ1) is 17.4. The number of piperidine rings is 1. The molecular weight excluding hydrogens is 327 g/mol. The Bertz CT molecular complexity index is 682. The summed E-state index contributed by atoms with van der Waals surface area (Å²) in [4.78, 5) is 38.6. The molecule has 1 aromatic rings. The third kappa shape index (κ3) is 3.81. The summed E-state index contributed by atoms with van der Waals surface area (Å²) in [6.45, 7) is 2.55. The number of amides is 3. The van der Waals surface area contributed by atoms with Crippen LogP contribution in [0.15, 0.2) is 18.2 Å². The lowest BCUT2D eigenvalue weighted by atomic mass is 10.0. The Labute approximate surface area is 145 Å². The molecule has 0 N–H and O–H groups in total. The fourth-order valence-corrected chi connectivity index (χ4v) is 3.36. The molecule has 0 saturated carbocycles. The van der Waals surface area contributed by atoms with Crippen molar-refractivity contribution in [3.63, 3.8) is 0 Å². The van der Waals surface area contributed by atoms with E-state index in [-0.39, 0.29) is 30.3 Å². The van der Waals surface area contributed by atoms with Gasteiger partial charge in [-0.25, -0.2) is 14.1 Å². The normalized spacial score (nSPS) is 18.6. The maximum atomic E-state index is 13.3. The van der Waals surface area contributed by atoms with Crippen LogP contribution in [0.1, 0.15) is 30.4 Å². The monoisotopic (exact) mass is 348 g/mol. The highest BCUT2D eigenvalue weighted by Gasteiger charge is 2.38. The summed E-state index contributed by atoms with van der Waals surface area (Å²) in [5, 5.41) is 0. The Morgan fingerprint density at radius 1 is 1.28 bits per heavy atom. The number of benzene rings is 1. The minimum absolute atomic E-state index is 0.0377. The first-order valence-corrected chi connectivity index (χ1v) is 8.47. The number of aryl methyl sites for hydroxylation is 2. The van der Waals surface area contributed by atoms with Crippen LogP contribution in [0.4, 0.5) is 9.18 Å². The van der Waals surface area contributed by atoms with Gasteiger partial charge in [-0.05, 0) is 43.4 Å². The summed E-state index contributed by atoms with van der Waals surface area (Å²) in [7, 11) is 0. The number of likely N-dealkylation sites (tertiary alicyclic amines) is 1. The largest absolute Gasteiger partial charge is 0.439 e. The molecule has 0 aromatic heterocycles. The van der Waals surface area contributed by atoms with E-state index in [4.69, 9.17) is 4.74 Å². The van der Waals surface area contributed by atoms with Crippen LogP contribution in [0.5, 0.6) is 0 Å². The number of carbonyl (C=O) groups excluding carboxylic acids is 3. The molecule has 6 nitrogen and oxygen atoms in total. The minimum Gasteiger partial charge on any atom is -0.439 e. The zero-order chi connectivity index (χ0) is 18.0. The molecule has 3 amide bonds.